The molecule has 1 N–H and O–H groups in total. The Morgan fingerprint density at radius 2 is 2.25 bits per heavy atom. The highest BCUT2D eigenvalue weighted by atomic mass is 16.3. The van der Waals surface area contributed by atoms with E-state index < -0.39 is 5.60 Å². The Bertz CT molecular complexity index is 130. The fraction of sp³-hybridized carbons (Fsp3) is 0.500. The van der Waals surface area contributed by atoms with Gasteiger partial charge in [0.25, 0.3) is 0 Å². The van der Waals surface area contributed by atoms with Crippen molar-refractivity contribution in [2.24, 2.45) is 0 Å². The predicted molar refractivity (Wildman–Crippen MR) is 31.1 cm³/mol. The quantitative estimate of drug-likeness (QED) is 0.402. The first kappa shape index (κ1) is 7.19. The molecule has 44 valence electrons. The summed E-state index contributed by atoms with van der Waals surface area (Å²) in [6.45, 7) is 3.19. The summed E-state index contributed by atoms with van der Waals surface area (Å²) in [5, 5.41) is 17.0. The van der Waals surface area contributed by atoms with Crippen LogP contribution in [0.1, 0.15) is 13.8 Å². The summed E-state index contributed by atoms with van der Waals surface area (Å²) in [7, 11) is 0. The van der Waals surface area contributed by atoms with E-state index in [4.69, 9.17) is 10.4 Å². The highest BCUT2D eigenvalue weighted by Crippen LogP contribution is 2.00. The number of hydrogen-bond donors (Lipinski definition) is 1. The van der Waals surface area contributed by atoms with Gasteiger partial charge in [0.05, 0.1) is 0 Å². The summed E-state index contributed by atoms with van der Waals surface area (Å²) in [6.07, 6.45) is 3.08. The maximum absolute atomic E-state index is 8.88. The van der Waals surface area contributed by atoms with E-state index in [0.717, 1.165) is 0 Å². The van der Waals surface area contributed by atoms with Gasteiger partial charge >= 0.3 is 0 Å². The van der Waals surface area contributed by atoms with Crippen molar-refractivity contribution < 1.29 is 5.11 Å². The molecule has 0 aliphatic heterocycles. The molecule has 1 atom stereocenters. The van der Waals surface area contributed by atoms with E-state index in [1.807, 2.05) is 0 Å². The van der Waals surface area contributed by atoms with Gasteiger partial charge < -0.3 is 5.11 Å². The third kappa shape index (κ3) is 2.38. The Hall–Kier alpha value is -0.810. The van der Waals surface area contributed by atoms with Crippen LogP contribution in [0.25, 0.3) is 0 Å². The van der Waals surface area contributed by atoms with Crippen molar-refractivity contribution in [3.63, 3.8) is 0 Å². The number of nitrogens with zero attached hydrogens (tertiary/aromatic N) is 1. The van der Waals surface area contributed by atoms with Gasteiger partial charge in [-0.1, -0.05) is 6.08 Å². The van der Waals surface area contributed by atoms with Gasteiger partial charge in [-0.3, -0.25) is 0 Å². The van der Waals surface area contributed by atoms with Crippen LogP contribution in [0.2, 0.25) is 0 Å². The molecule has 0 aromatic carbocycles. The molecule has 0 aromatic rings. The van der Waals surface area contributed by atoms with Crippen LogP contribution in [0, 0.1) is 11.3 Å². The zero-order valence-electron chi connectivity index (χ0n) is 5.05. The van der Waals surface area contributed by atoms with Crippen molar-refractivity contribution >= 4 is 0 Å². The van der Waals surface area contributed by atoms with Crippen molar-refractivity contribution in [1.29, 1.82) is 5.26 Å². The minimum absolute atomic E-state index is 1.28. The lowest BCUT2D eigenvalue weighted by Crippen LogP contribution is -2.16. The first-order valence-corrected chi connectivity index (χ1v) is 2.40. The second-order valence-electron chi connectivity index (χ2n) is 1.76. The summed E-state index contributed by atoms with van der Waals surface area (Å²) in [5.41, 5.74) is -1.28. The van der Waals surface area contributed by atoms with Crippen LogP contribution in [0.4, 0.5) is 0 Å². The van der Waals surface area contributed by atoms with Crippen molar-refractivity contribution in [2.75, 3.05) is 0 Å². The van der Waals surface area contributed by atoms with E-state index >= 15 is 0 Å². The van der Waals surface area contributed by atoms with Crippen LogP contribution in [-0.4, -0.2) is 10.7 Å². The molecule has 0 saturated heterocycles. The topological polar surface area (TPSA) is 44.0 Å². The van der Waals surface area contributed by atoms with Gasteiger partial charge in [0.15, 0.2) is 5.60 Å². The zero-order chi connectivity index (χ0) is 6.62. The molecule has 2 nitrogen and oxygen atoms in total. The molecule has 0 unspecified atom stereocenters. The molecule has 8 heavy (non-hydrogen) atoms. The fourth-order valence-electron chi connectivity index (χ4n) is 0.362. The Morgan fingerprint density at radius 3 is 2.38 bits per heavy atom. The van der Waals surface area contributed by atoms with E-state index in [1.54, 1.807) is 19.1 Å². The lowest BCUT2D eigenvalue weighted by molar-refractivity contribution is 0.172. The van der Waals surface area contributed by atoms with Gasteiger partial charge in [-0.15, -0.1) is 0 Å². The van der Waals surface area contributed by atoms with Gasteiger partial charge in [0.2, 0.25) is 0 Å². The highest BCUT2D eigenvalue weighted by Gasteiger charge is 2.11. The summed E-state index contributed by atoms with van der Waals surface area (Å²) in [4.78, 5) is 0. The van der Waals surface area contributed by atoms with Gasteiger partial charge in [-0.2, -0.15) is 5.26 Å². The van der Waals surface area contributed by atoms with E-state index in [-0.39, 0.29) is 0 Å². The maximum atomic E-state index is 8.88. The first-order chi connectivity index (χ1) is 3.62. The molecule has 0 heterocycles. The molecule has 0 spiro atoms. The standard InChI is InChI=1S/C6H9NO/c1-3-4-6(2,8)5-7/h3-4,8H,1-2H3/b4-3+/t6-/m1/s1. The molecule has 0 saturated carbocycles. The minimum Gasteiger partial charge on any atom is -0.372 e. The average molecular weight is 111 g/mol. The summed E-state index contributed by atoms with van der Waals surface area (Å²) >= 11 is 0. The zero-order valence-corrected chi connectivity index (χ0v) is 5.05. The van der Waals surface area contributed by atoms with Gasteiger partial charge in [0, 0.05) is 0 Å². The van der Waals surface area contributed by atoms with E-state index in [1.165, 1.54) is 13.0 Å². The Kier molecular flexibility index (Phi) is 2.23. The van der Waals surface area contributed by atoms with E-state index in [2.05, 4.69) is 0 Å². The summed E-state index contributed by atoms with van der Waals surface area (Å²) in [5.74, 6) is 0. The Labute approximate surface area is 49.1 Å². The maximum Gasteiger partial charge on any atom is 0.166 e. The smallest absolute Gasteiger partial charge is 0.166 e. The lowest BCUT2D eigenvalue weighted by atomic mass is 10.1. The summed E-state index contributed by atoms with van der Waals surface area (Å²) < 4.78 is 0. The fourth-order valence-corrected chi connectivity index (χ4v) is 0.362. The number of hydrogen-bond acceptors (Lipinski definition) is 2. The van der Waals surface area contributed by atoms with Gasteiger partial charge in [0.1, 0.15) is 6.07 Å². The number of allylic oxidation sites excluding steroid dienone is 1. The summed E-state index contributed by atoms with van der Waals surface area (Å²) in [6, 6.07) is 1.71. The third-order valence-electron chi connectivity index (χ3n) is 0.718. The second-order valence-corrected chi connectivity index (χ2v) is 1.76. The second kappa shape index (κ2) is 2.49. The van der Waals surface area contributed by atoms with Crippen LogP contribution < -0.4 is 0 Å². The molecule has 0 aliphatic rings. The van der Waals surface area contributed by atoms with Crippen LogP contribution in [0.5, 0.6) is 0 Å². The SMILES string of the molecule is C/C=C/[C@@](C)(O)C#N. The van der Waals surface area contributed by atoms with Crippen molar-refractivity contribution in [3.8, 4) is 6.07 Å². The van der Waals surface area contributed by atoms with Crippen LogP contribution >= 0.6 is 0 Å². The molecule has 2 heteroatoms. The van der Waals surface area contributed by atoms with Crippen molar-refractivity contribution in [1.82, 2.24) is 0 Å². The van der Waals surface area contributed by atoms with Crippen molar-refractivity contribution in [3.05, 3.63) is 12.2 Å². The number of aliphatic hydroxyl groups is 1. The number of nitriles is 1. The molecule has 0 amide bonds. The number of rotatable bonds is 1. The monoisotopic (exact) mass is 111 g/mol. The lowest BCUT2D eigenvalue weighted by Gasteiger charge is -2.04. The van der Waals surface area contributed by atoms with Crippen LogP contribution in [0.15, 0.2) is 12.2 Å². The van der Waals surface area contributed by atoms with Gasteiger partial charge in [-0.25, -0.2) is 0 Å². The Morgan fingerprint density at radius 1 is 1.75 bits per heavy atom. The minimum atomic E-state index is -1.28. The molecular formula is C6H9NO. The van der Waals surface area contributed by atoms with E-state index in [9.17, 15) is 0 Å². The molecule has 0 bridgehead atoms. The molecule has 0 radical (unpaired) electrons. The van der Waals surface area contributed by atoms with Gasteiger partial charge in [-0.05, 0) is 19.9 Å². The average Bonchev–Trinajstić information content (AvgIpc) is 1.67. The van der Waals surface area contributed by atoms with E-state index in [0.29, 0.717) is 0 Å². The Balaban J connectivity index is 3.97. The predicted octanol–water partition coefficient (Wildman–Crippen LogP) is 0.837. The molecular weight excluding hydrogens is 102 g/mol. The first-order valence-electron chi connectivity index (χ1n) is 2.40. The largest absolute Gasteiger partial charge is 0.372 e. The van der Waals surface area contributed by atoms with Crippen LogP contribution in [-0.2, 0) is 0 Å². The van der Waals surface area contributed by atoms with Crippen LogP contribution in [0.3, 0.4) is 0 Å². The normalized spacial score (nSPS) is 17.8. The molecule has 0 fully saturated rings. The molecule has 0 aliphatic carbocycles. The molecule has 0 rings (SSSR count). The molecule has 0 aromatic heterocycles. The van der Waals surface area contributed by atoms with Crippen molar-refractivity contribution in [2.45, 2.75) is 19.4 Å². The highest BCUT2D eigenvalue weighted by molar-refractivity contribution is 5.10. The third-order valence-corrected chi connectivity index (χ3v) is 0.718.